The minimum atomic E-state index is -0.312. The Bertz CT molecular complexity index is 1020. The summed E-state index contributed by atoms with van der Waals surface area (Å²) in [4.78, 5) is 29.4. The Kier molecular flexibility index (Phi) is 7.00. The second-order valence-corrected chi connectivity index (χ2v) is 6.35. The lowest BCUT2D eigenvalue weighted by Gasteiger charge is -2.12. The van der Waals surface area contributed by atoms with Crippen molar-refractivity contribution in [1.29, 1.82) is 0 Å². The summed E-state index contributed by atoms with van der Waals surface area (Å²) >= 11 is 0. The van der Waals surface area contributed by atoms with E-state index in [-0.39, 0.29) is 11.8 Å². The zero-order chi connectivity index (χ0) is 21.3. The number of rotatable bonds is 8. The summed E-state index contributed by atoms with van der Waals surface area (Å²) < 4.78 is 10.5. The molecule has 2 aromatic carbocycles. The fourth-order valence-electron chi connectivity index (χ4n) is 2.79. The minimum absolute atomic E-state index is 0.296. The van der Waals surface area contributed by atoms with Gasteiger partial charge in [0, 0.05) is 24.4 Å². The van der Waals surface area contributed by atoms with Crippen LogP contribution in [0.1, 0.15) is 33.2 Å². The van der Waals surface area contributed by atoms with Gasteiger partial charge in [0.1, 0.15) is 5.75 Å². The van der Waals surface area contributed by atoms with Crippen molar-refractivity contribution in [2.75, 3.05) is 19.0 Å². The largest absolute Gasteiger partial charge is 0.497 e. The third kappa shape index (κ3) is 5.35. The van der Waals surface area contributed by atoms with Crippen molar-refractivity contribution in [3.8, 4) is 11.6 Å². The Morgan fingerprint density at radius 3 is 2.50 bits per heavy atom. The monoisotopic (exact) mass is 405 g/mol. The topological polar surface area (TPSA) is 89.6 Å². The summed E-state index contributed by atoms with van der Waals surface area (Å²) in [6, 6.07) is 17.2. The molecule has 0 unspecified atom stereocenters. The van der Waals surface area contributed by atoms with E-state index in [1.165, 1.54) is 0 Å². The van der Waals surface area contributed by atoms with Crippen LogP contribution in [0.4, 0.5) is 5.69 Å². The molecule has 0 aliphatic rings. The Labute approximate surface area is 175 Å². The number of nitrogens with zero attached hydrogens (tertiary/aromatic N) is 1. The zero-order valence-corrected chi connectivity index (χ0v) is 16.8. The second kappa shape index (κ2) is 10.1. The van der Waals surface area contributed by atoms with E-state index < -0.39 is 0 Å². The number of benzene rings is 2. The number of nitrogens with one attached hydrogen (secondary N) is 2. The Hall–Kier alpha value is -3.87. The van der Waals surface area contributed by atoms with Gasteiger partial charge in [-0.3, -0.25) is 9.59 Å². The lowest BCUT2D eigenvalue weighted by molar-refractivity contribution is 0.0951. The van der Waals surface area contributed by atoms with E-state index in [2.05, 4.69) is 15.6 Å². The van der Waals surface area contributed by atoms with Gasteiger partial charge in [0.25, 0.3) is 11.8 Å². The van der Waals surface area contributed by atoms with Crippen LogP contribution in [-0.2, 0) is 6.54 Å². The molecular formula is C23H23N3O4. The average molecular weight is 405 g/mol. The number of carbonyl (C=O) groups is 2. The van der Waals surface area contributed by atoms with Crippen molar-refractivity contribution in [1.82, 2.24) is 10.3 Å². The van der Waals surface area contributed by atoms with Crippen LogP contribution in [0.25, 0.3) is 0 Å². The lowest BCUT2D eigenvalue weighted by Crippen LogP contribution is -2.25. The molecule has 7 nitrogen and oxygen atoms in total. The van der Waals surface area contributed by atoms with Crippen LogP contribution in [0, 0.1) is 0 Å². The van der Waals surface area contributed by atoms with Gasteiger partial charge in [-0.05, 0) is 55.0 Å². The van der Waals surface area contributed by atoms with Crippen LogP contribution < -0.4 is 20.1 Å². The third-order valence-corrected chi connectivity index (χ3v) is 4.32. The van der Waals surface area contributed by atoms with Gasteiger partial charge in [-0.25, -0.2) is 4.98 Å². The number of para-hydroxylation sites is 1. The maximum Gasteiger partial charge on any atom is 0.255 e. The van der Waals surface area contributed by atoms with Crippen molar-refractivity contribution in [2.45, 2.75) is 13.5 Å². The van der Waals surface area contributed by atoms with Crippen molar-refractivity contribution in [3.63, 3.8) is 0 Å². The van der Waals surface area contributed by atoms with Crippen LogP contribution in [0.2, 0.25) is 0 Å². The summed E-state index contributed by atoms with van der Waals surface area (Å²) in [5, 5.41) is 5.66. The summed E-state index contributed by atoms with van der Waals surface area (Å²) in [5.41, 5.74) is 2.13. The molecule has 0 radical (unpaired) electrons. The Morgan fingerprint density at radius 1 is 1.00 bits per heavy atom. The number of carbonyl (C=O) groups excluding carboxylic acids is 2. The number of hydrogen-bond donors (Lipinski definition) is 2. The maximum absolute atomic E-state index is 12.7. The van der Waals surface area contributed by atoms with Gasteiger partial charge >= 0.3 is 0 Å². The molecule has 2 N–H and O–H groups in total. The van der Waals surface area contributed by atoms with Crippen molar-refractivity contribution < 1.29 is 19.1 Å². The van der Waals surface area contributed by atoms with E-state index in [1.807, 2.05) is 6.92 Å². The molecule has 3 rings (SSSR count). The fraction of sp³-hybridized carbons (Fsp3) is 0.174. The number of aromatic nitrogens is 1. The number of ether oxygens (including phenoxy) is 2. The first kappa shape index (κ1) is 20.9. The first-order valence-electron chi connectivity index (χ1n) is 9.51. The van der Waals surface area contributed by atoms with Gasteiger partial charge < -0.3 is 20.1 Å². The predicted molar refractivity (Wildman–Crippen MR) is 114 cm³/mol. The molecule has 0 saturated carbocycles. The molecule has 1 heterocycles. The SMILES string of the molecule is CCOc1cc(CNC(=O)c2ccccc2NC(=O)c2ccc(OC)cc2)ccn1. The molecule has 3 aromatic rings. The zero-order valence-electron chi connectivity index (χ0n) is 16.8. The molecule has 154 valence electrons. The third-order valence-electron chi connectivity index (χ3n) is 4.32. The highest BCUT2D eigenvalue weighted by Crippen LogP contribution is 2.18. The van der Waals surface area contributed by atoms with Crippen molar-refractivity contribution in [2.24, 2.45) is 0 Å². The van der Waals surface area contributed by atoms with Crippen LogP contribution in [0.5, 0.6) is 11.6 Å². The van der Waals surface area contributed by atoms with E-state index in [1.54, 1.807) is 74.0 Å². The molecular weight excluding hydrogens is 382 g/mol. The summed E-state index contributed by atoms with van der Waals surface area (Å²) in [6.45, 7) is 2.71. The molecule has 1 aromatic heterocycles. The fourth-order valence-corrected chi connectivity index (χ4v) is 2.79. The Morgan fingerprint density at radius 2 is 1.77 bits per heavy atom. The summed E-state index contributed by atoms with van der Waals surface area (Å²) in [5.74, 6) is 0.565. The minimum Gasteiger partial charge on any atom is -0.497 e. The maximum atomic E-state index is 12.7. The molecule has 7 heteroatoms. The molecule has 0 fully saturated rings. The second-order valence-electron chi connectivity index (χ2n) is 6.35. The molecule has 30 heavy (non-hydrogen) atoms. The van der Waals surface area contributed by atoms with Gasteiger partial charge in [-0.2, -0.15) is 0 Å². The van der Waals surface area contributed by atoms with Gasteiger partial charge in [0.15, 0.2) is 0 Å². The number of pyridine rings is 1. The van der Waals surface area contributed by atoms with Gasteiger partial charge in [0.05, 0.1) is 25.0 Å². The highest BCUT2D eigenvalue weighted by atomic mass is 16.5. The van der Waals surface area contributed by atoms with Crippen LogP contribution in [-0.4, -0.2) is 30.5 Å². The first-order chi connectivity index (χ1) is 14.6. The number of anilines is 1. The van der Waals surface area contributed by atoms with Gasteiger partial charge in [-0.15, -0.1) is 0 Å². The number of hydrogen-bond acceptors (Lipinski definition) is 5. The van der Waals surface area contributed by atoms with Crippen molar-refractivity contribution >= 4 is 17.5 Å². The summed E-state index contributed by atoms with van der Waals surface area (Å²) in [7, 11) is 1.56. The molecule has 0 spiro atoms. The predicted octanol–water partition coefficient (Wildman–Crippen LogP) is 3.67. The number of amides is 2. The van der Waals surface area contributed by atoms with Crippen LogP contribution in [0.3, 0.4) is 0 Å². The highest BCUT2D eigenvalue weighted by Gasteiger charge is 2.14. The van der Waals surface area contributed by atoms with Crippen molar-refractivity contribution in [3.05, 3.63) is 83.6 Å². The standard InChI is InChI=1S/C23H23N3O4/c1-3-30-21-14-16(12-13-24-21)15-25-23(28)19-6-4-5-7-20(19)26-22(27)17-8-10-18(29-2)11-9-17/h4-14H,3,15H2,1-2H3,(H,25,28)(H,26,27). The van der Waals surface area contributed by atoms with Crippen LogP contribution >= 0.6 is 0 Å². The normalized spacial score (nSPS) is 10.2. The van der Waals surface area contributed by atoms with Gasteiger partial charge in [-0.1, -0.05) is 12.1 Å². The lowest BCUT2D eigenvalue weighted by atomic mass is 10.1. The van der Waals surface area contributed by atoms with Crippen LogP contribution in [0.15, 0.2) is 66.9 Å². The van der Waals surface area contributed by atoms with E-state index in [9.17, 15) is 9.59 Å². The van der Waals surface area contributed by atoms with E-state index >= 15 is 0 Å². The molecule has 0 aliphatic heterocycles. The van der Waals surface area contributed by atoms with E-state index in [4.69, 9.17) is 9.47 Å². The van der Waals surface area contributed by atoms with Gasteiger partial charge in [0.2, 0.25) is 5.88 Å². The number of methoxy groups -OCH3 is 1. The molecule has 0 atom stereocenters. The quantitative estimate of drug-likeness (QED) is 0.597. The molecule has 0 bridgehead atoms. The molecule has 2 amide bonds. The Balaban J connectivity index is 1.68. The highest BCUT2D eigenvalue weighted by molar-refractivity contribution is 6.09. The molecule has 0 saturated heterocycles. The average Bonchev–Trinajstić information content (AvgIpc) is 2.78. The molecule has 0 aliphatic carbocycles. The summed E-state index contributed by atoms with van der Waals surface area (Å²) in [6.07, 6.45) is 1.63. The van der Waals surface area contributed by atoms with E-state index in [0.29, 0.717) is 41.6 Å². The smallest absolute Gasteiger partial charge is 0.255 e. The van der Waals surface area contributed by atoms with E-state index in [0.717, 1.165) is 5.56 Å². The first-order valence-corrected chi connectivity index (χ1v) is 9.51.